The molecule has 0 aliphatic heterocycles. The van der Waals surface area contributed by atoms with Crippen LogP contribution in [0, 0.1) is 6.92 Å². The first-order valence-electron chi connectivity index (χ1n) is 9.78. The van der Waals surface area contributed by atoms with Gasteiger partial charge in [-0.3, -0.25) is 4.79 Å². The number of aromatic nitrogens is 7. The molecule has 32 heavy (non-hydrogen) atoms. The molecule has 3 heterocycles. The number of benzene rings is 2. The zero-order valence-electron chi connectivity index (χ0n) is 17.3. The Morgan fingerprint density at radius 3 is 2.69 bits per heavy atom. The summed E-state index contributed by atoms with van der Waals surface area (Å²) in [5.41, 5.74) is 3.81. The lowest BCUT2D eigenvalue weighted by atomic mass is 10.1. The van der Waals surface area contributed by atoms with E-state index in [9.17, 15) is 4.79 Å². The Hall–Kier alpha value is -4.60. The van der Waals surface area contributed by atoms with Gasteiger partial charge in [0.15, 0.2) is 11.5 Å². The van der Waals surface area contributed by atoms with Crippen molar-refractivity contribution < 1.29 is 9.53 Å². The van der Waals surface area contributed by atoms with Crippen LogP contribution in [0.5, 0.6) is 5.75 Å². The molecule has 10 heteroatoms. The minimum Gasteiger partial charge on any atom is -0.494 e. The van der Waals surface area contributed by atoms with E-state index >= 15 is 0 Å². The van der Waals surface area contributed by atoms with Crippen LogP contribution in [0.15, 0.2) is 67.0 Å². The standard InChI is InChI=1S/C22H18N8O2/c1-14-26-27-28-29(14)19-12-16(8-9-20(19)32-2)25-22(31)17-13-24-30-18(10-11-23-21(17)30)15-6-4-3-5-7-15/h3-13H,1-2H3,(H,25,31). The summed E-state index contributed by atoms with van der Waals surface area (Å²) in [7, 11) is 1.56. The second kappa shape index (κ2) is 7.91. The number of anilines is 1. The van der Waals surface area contributed by atoms with Crippen molar-refractivity contribution in [1.29, 1.82) is 0 Å². The highest BCUT2D eigenvalue weighted by Gasteiger charge is 2.18. The molecule has 3 aromatic heterocycles. The van der Waals surface area contributed by atoms with E-state index in [-0.39, 0.29) is 5.91 Å². The van der Waals surface area contributed by atoms with Gasteiger partial charge in [-0.05, 0) is 41.6 Å². The van der Waals surface area contributed by atoms with Crippen LogP contribution >= 0.6 is 0 Å². The largest absolute Gasteiger partial charge is 0.494 e. The molecule has 0 fully saturated rings. The number of amides is 1. The van der Waals surface area contributed by atoms with Crippen molar-refractivity contribution in [3.8, 4) is 22.7 Å². The third-order valence-electron chi connectivity index (χ3n) is 5.01. The maximum atomic E-state index is 13.1. The minimum atomic E-state index is -0.331. The van der Waals surface area contributed by atoms with Gasteiger partial charge in [0.2, 0.25) is 0 Å². The third kappa shape index (κ3) is 3.33. The highest BCUT2D eigenvalue weighted by atomic mass is 16.5. The first kappa shape index (κ1) is 19.4. The molecule has 0 radical (unpaired) electrons. The van der Waals surface area contributed by atoms with Gasteiger partial charge in [0.25, 0.3) is 5.91 Å². The summed E-state index contributed by atoms with van der Waals surface area (Å²) in [5.74, 6) is 0.831. The first-order chi connectivity index (χ1) is 15.7. The fourth-order valence-corrected chi connectivity index (χ4v) is 3.47. The van der Waals surface area contributed by atoms with Crippen molar-refractivity contribution >= 4 is 17.2 Å². The Labute approximate surface area is 182 Å². The van der Waals surface area contributed by atoms with Gasteiger partial charge in [-0.25, -0.2) is 9.50 Å². The molecule has 0 atom stereocenters. The van der Waals surface area contributed by atoms with Crippen molar-refractivity contribution in [3.63, 3.8) is 0 Å². The number of fused-ring (bicyclic) bond motifs is 1. The maximum absolute atomic E-state index is 13.1. The monoisotopic (exact) mass is 426 g/mol. The van der Waals surface area contributed by atoms with Crippen LogP contribution in [0.1, 0.15) is 16.2 Å². The van der Waals surface area contributed by atoms with Crippen LogP contribution < -0.4 is 10.1 Å². The number of nitrogens with one attached hydrogen (secondary N) is 1. The molecule has 0 aliphatic carbocycles. The molecule has 158 valence electrons. The van der Waals surface area contributed by atoms with E-state index in [1.54, 1.807) is 42.9 Å². The SMILES string of the molecule is COc1ccc(NC(=O)c2cnn3c(-c4ccccc4)ccnc23)cc1-n1nnnc1C. The van der Waals surface area contributed by atoms with Crippen molar-refractivity contribution in [1.82, 2.24) is 34.8 Å². The van der Waals surface area contributed by atoms with Gasteiger partial charge < -0.3 is 10.1 Å². The number of hydrogen-bond acceptors (Lipinski definition) is 7. The Morgan fingerprint density at radius 2 is 1.94 bits per heavy atom. The number of nitrogens with zero attached hydrogens (tertiary/aromatic N) is 7. The third-order valence-corrected chi connectivity index (χ3v) is 5.01. The molecule has 1 amide bonds. The van der Waals surface area contributed by atoms with Crippen LogP contribution in [0.3, 0.4) is 0 Å². The Balaban J connectivity index is 1.49. The fraction of sp³-hybridized carbons (Fsp3) is 0.0909. The predicted octanol–water partition coefficient (Wildman–Crippen LogP) is 2.94. The van der Waals surface area contributed by atoms with Gasteiger partial charge in [0.1, 0.15) is 17.0 Å². The van der Waals surface area contributed by atoms with E-state index in [0.29, 0.717) is 34.2 Å². The molecule has 0 aliphatic rings. The van der Waals surface area contributed by atoms with Crippen molar-refractivity contribution in [2.75, 3.05) is 12.4 Å². The highest BCUT2D eigenvalue weighted by molar-refractivity contribution is 6.08. The molecule has 5 aromatic rings. The average Bonchev–Trinajstić information content (AvgIpc) is 3.45. The van der Waals surface area contributed by atoms with Crippen LogP contribution in [0.2, 0.25) is 0 Å². The van der Waals surface area contributed by atoms with E-state index in [4.69, 9.17) is 4.74 Å². The zero-order valence-corrected chi connectivity index (χ0v) is 17.3. The van der Waals surface area contributed by atoms with Gasteiger partial charge in [-0.1, -0.05) is 30.3 Å². The van der Waals surface area contributed by atoms with Crippen LogP contribution in [-0.4, -0.2) is 47.8 Å². The Morgan fingerprint density at radius 1 is 1.09 bits per heavy atom. The topological polar surface area (TPSA) is 112 Å². The lowest BCUT2D eigenvalue weighted by molar-refractivity contribution is 0.102. The van der Waals surface area contributed by atoms with E-state index in [1.165, 1.54) is 10.9 Å². The van der Waals surface area contributed by atoms with Crippen molar-refractivity contribution in [3.05, 3.63) is 78.4 Å². The lowest BCUT2D eigenvalue weighted by Crippen LogP contribution is -2.13. The number of ether oxygens (including phenoxy) is 1. The van der Waals surface area contributed by atoms with E-state index < -0.39 is 0 Å². The summed E-state index contributed by atoms with van der Waals surface area (Å²) < 4.78 is 8.62. The van der Waals surface area contributed by atoms with Crippen molar-refractivity contribution in [2.24, 2.45) is 0 Å². The molecule has 5 rings (SSSR count). The molecule has 2 aromatic carbocycles. The molecule has 0 spiro atoms. The normalized spacial score (nSPS) is 10.9. The summed E-state index contributed by atoms with van der Waals surface area (Å²) in [6, 6.07) is 16.9. The van der Waals surface area contributed by atoms with E-state index in [0.717, 1.165) is 11.3 Å². The molecule has 0 saturated carbocycles. The lowest BCUT2D eigenvalue weighted by Gasteiger charge is -2.11. The predicted molar refractivity (Wildman–Crippen MR) is 117 cm³/mol. The number of carbonyl (C=O) groups is 1. The smallest absolute Gasteiger partial charge is 0.261 e. The van der Waals surface area contributed by atoms with Crippen LogP contribution in [0.4, 0.5) is 5.69 Å². The van der Waals surface area contributed by atoms with Gasteiger partial charge in [0, 0.05) is 17.4 Å². The summed E-state index contributed by atoms with van der Waals surface area (Å²) in [4.78, 5) is 17.4. The Kier molecular flexibility index (Phi) is 4.79. The van der Waals surface area contributed by atoms with E-state index in [2.05, 4.69) is 30.9 Å². The first-order valence-corrected chi connectivity index (χ1v) is 9.78. The zero-order chi connectivity index (χ0) is 22.1. The second-order valence-electron chi connectivity index (χ2n) is 6.97. The summed E-state index contributed by atoms with van der Waals surface area (Å²) in [6.07, 6.45) is 3.18. The quantitative estimate of drug-likeness (QED) is 0.460. The summed E-state index contributed by atoms with van der Waals surface area (Å²) >= 11 is 0. The molecule has 10 nitrogen and oxygen atoms in total. The number of carbonyl (C=O) groups excluding carboxylic acids is 1. The summed E-state index contributed by atoms with van der Waals surface area (Å²) in [5, 5.41) is 18.9. The molecule has 0 unspecified atom stereocenters. The molecule has 0 saturated heterocycles. The van der Waals surface area contributed by atoms with Crippen LogP contribution in [-0.2, 0) is 0 Å². The number of aryl methyl sites for hydroxylation is 1. The van der Waals surface area contributed by atoms with Gasteiger partial charge >= 0.3 is 0 Å². The summed E-state index contributed by atoms with van der Waals surface area (Å²) in [6.45, 7) is 1.78. The van der Waals surface area contributed by atoms with Gasteiger partial charge in [0.05, 0.1) is 19.0 Å². The maximum Gasteiger partial charge on any atom is 0.261 e. The Bertz CT molecular complexity index is 1420. The fourth-order valence-electron chi connectivity index (χ4n) is 3.47. The molecule has 0 bridgehead atoms. The number of methoxy groups -OCH3 is 1. The second-order valence-corrected chi connectivity index (χ2v) is 6.97. The van der Waals surface area contributed by atoms with Gasteiger partial charge in [-0.15, -0.1) is 5.10 Å². The number of rotatable bonds is 5. The number of tetrazole rings is 1. The van der Waals surface area contributed by atoms with Crippen LogP contribution in [0.25, 0.3) is 22.6 Å². The minimum absolute atomic E-state index is 0.331. The van der Waals surface area contributed by atoms with E-state index in [1.807, 2.05) is 36.4 Å². The van der Waals surface area contributed by atoms with Crippen molar-refractivity contribution in [2.45, 2.75) is 6.92 Å². The molecule has 1 N–H and O–H groups in total. The van der Waals surface area contributed by atoms with Gasteiger partial charge in [-0.2, -0.15) is 9.78 Å². The molecular weight excluding hydrogens is 408 g/mol. The molecular formula is C22H18N8O2. The average molecular weight is 426 g/mol. The number of hydrogen-bond donors (Lipinski definition) is 1. The highest BCUT2D eigenvalue weighted by Crippen LogP contribution is 2.27.